The fourth-order valence-corrected chi connectivity index (χ4v) is 2.61. The third-order valence-corrected chi connectivity index (χ3v) is 3.36. The molecule has 2 rings (SSSR count). The van der Waals surface area contributed by atoms with E-state index in [-0.39, 0.29) is 6.04 Å². The van der Waals surface area contributed by atoms with Gasteiger partial charge in [-0.05, 0) is 36.2 Å². The molecule has 0 aliphatic rings. The van der Waals surface area contributed by atoms with Gasteiger partial charge in [-0.1, -0.05) is 57.4 Å². The van der Waals surface area contributed by atoms with E-state index in [1.165, 1.54) is 5.56 Å². The van der Waals surface area contributed by atoms with Gasteiger partial charge in [0.1, 0.15) is 0 Å². The molecule has 88 valence electrons. The molecule has 0 radical (unpaired) electrons. The summed E-state index contributed by atoms with van der Waals surface area (Å²) in [4.78, 5) is 0. The monoisotopic (exact) mass is 309 g/mol. The summed E-state index contributed by atoms with van der Waals surface area (Å²) in [5.74, 6) is 0. The van der Waals surface area contributed by atoms with Gasteiger partial charge in [-0.25, -0.2) is 0 Å². The molecule has 0 heterocycles. The lowest BCUT2D eigenvalue weighted by molar-refractivity contribution is 0.870. The number of rotatable bonds is 2. The van der Waals surface area contributed by atoms with Crippen molar-refractivity contribution in [3.63, 3.8) is 0 Å². The van der Waals surface area contributed by atoms with Crippen molar-refractivity contribution in [3.8, 4) is 0 Å². The van der Waals surface area contributed by atoms with Crippen molar-refractivity contribution in [3.05, 3.63) is 68.7 Å². The van der Waals surface area contributed by atoms with Crippen molar-refractivity contribution in [2.24, 2.45) is 5.73 Å². The molecule has 1 nitrogen and oxygen atoms in total. The zero-order chi connectivity index (χ0) is 12.4. The Morgan fingerprint density at radius 1 is 1.06 bits per heavy atom. The minimum atomic E-state index is -0.148. The Morgan fingerprint density at radius 2 is 1.71 bits per heavy atom. The molecule has 17 heavy (non-hydrogen) atoms. The smallest absolute Gasteiger partial charge is 0.0552 e. The van der Waals surface area contributed by atoms with Crippen LogP contribution in [-0.4, -0.2) is 0 Å². The molecule has 0 aliphatic heterocycles. The molecule has 0 aromatic heterocycles. The maximum absolute atomic E-state index is 6.22. The van der Waals surface area contributed by atoms with Gasteiger partial charge in [0.2, 0.25) is 0 Å². The number of aryl methyl sites for hydroxylation is 1. The largest absolute Gasteiger partial charge is 0.320 e. The summed E-state index contributed by atoms with van der Waals surface area (Å²) in [5, 5.41) is 0.692. The zero-order valence-corrected chi connectivity index (χ0v) is 11.8. The van der Waals surface area contributed by atoms with Crippen LogP contribution in [0.2, 0.25) is 5.02 Å². The third-order valence-electron chi connectivity index (χ3n) is 2.68. The van der Waals surface area contributed by atoms with Crippen LogP contribution in [0.3, 0.4) is 0 Å². The Kier molecular flexibility index (Phi) is 3.87. The molecule has 2 aromatic rings. The Balaban J connectivity index is 2.36. The predicted molar refractivity (Wildman–Crippen MR) is 76.4 cm³/mol. The molecule has 0 amide bonds. The van der Waals surface area contributed by atoms with E-state index >= 15 is 0 Å². The van der Waals surface area contributed by atoms with Crippen LogP contribution in [0.5, 0.6) is 0 Å². The summed E-state index contributed by atoms with van der Waals surface area (Å²) >= 11 is 9.45. The third kappa shape index (κ3) is 3.09. The molecular weight excluding hydrogens is 298 g/mol. The average molecular weight is 311 g/mol. The van der Waals surface area contributed by atoms with Crippen molar-refractivity contribution < 1.29 is 0 Å². The maximum atomic E-state index is 6.22. The van der Waals surface area contributed by atoms with Crippen LogP contribution in [0, 0.1) is 6.92 Å². The number of benzene rings is 2. The Hall–Kier alpha value is -0.830. The predicted octanol–water partition coefficient (Wildman–Crippen LogP) is 4.46. The number of hydrogen-bond acceptors (Lipinski definition) is 1. The first kappa shape index (κ1) is 12.6. The van der Waals surface area contributed by atoms with Crippen LogP contribution in [0.25, 0.3) is 0 Å². The van der Waals surface area contributed by atoms with E-state index in [9.17, 15) is 0 Å². The van der Waals surface area contributed by atoms with Crippen molar-refractivity contribution in [2.75, 3.05) is 0 Å². The van der Waals surface area contributed by atoms with Crippen molar-refractivity contribution in [1.82, 2.24) is 0 Å². The number of hydrogen-bond donors (Lipinski definition) is 1. The standard InChI is InChI=1S/C14H13BrClN/c1-9-2-4-10(5-3-9)14(17)11-6-12(15)8-13(16)7-11/h2-8,14H,17H2,1H3. The zero-order valence-electron chi connectivity index (χ0n) is 9.45. The molecule has 0 saturated heterocycles. The Bertz CT molecular complexity index is 502. The van der Waals surface area contributed by atoms with Gasteiger partial charge in [0.15, 0.2) is 0 Å². The maximum Gasteiger partial charge on any atom is 0.0552 e. The topological polar surface area (TPSA) is 26.0 Å². The molecule has 1 atom stereocenters. The van der Waals surface area contributed by atoms with Gasteiger partial charge >= 0.3 is 0 Å². The number of halogens is 2. The van der Waals surface area contributed by atoms with Crippen LogP contribution in [0.15, 0.2) is 46.9 Å². The molecule has 3 heteroatoms. The summed E-state index contributed by atoms with van der Waals surface area (Å²) in [7, 11) is 0. The summed E-state index contributed by atoms with van der Waals surface area (Å²) in [6, 6.07) is 13.8. The molecule has 2 aromatic carbocycles. The fourth-order valence-electron chi connectivity index (χ4n) is 1.72. The van der Waals surface area contributed by atoms with Crippen LogP contribution in [-0.2, 0) is 0 Å². The first-order valence-corrected chi connectivity index (χ1v) is 6.51. The lowest BCUT2D eigenvalue weighted by Gasteiger charge is -2.13. The van der Waals surface area contributed by atoms with E-state index in [4.69, 9.17) is 17.3 Å². The molecule has 0 spiro atoms. The van der Waals surface area contributed by atoms with Gasteiger partial charge in [-0.2, -0.15) is 0 Å². The number of nitrogens with two attached hydrogens (primary N) is 1. The first-order valence-electron chi connectivity index (χ1n) is 5.34. The van der Waals surface area contributed by atoms with Crippen molar-refractivity contribution >= 4 is 27.5 Å². The first-order chi connectivity index (χ1) is 8.06. The Morgan fingerprint density at radius 3 is 2.29 bits per heavy atom. The molecular formula is C14H13BrClN. The van der Waals surface area contributed by atoms with Crippen molar-refractivity contribution in [2.45, 2.75) is 13.0 Å². The summed E-state index contributed by atoms with van der Waals surface area (Å²) in [5.41, 5.74) is 9.55. The van der Waals surface area contributed by atoms with Gasteiger partial charge < -0.3 is 5.73 Å². The molecule has 0 bridgehead atoms. The normalized spacial score (nSPS) is 12.5. The SMILES string of the molecule is Cc1ccc(C(N)c2cc(Cl)cc(Br)c2)cc1. The van der Waals surface area contributed by atoms with Gasteiger partial charge in [-0.15, -0.1) is 0 Å². The van der Waals surface area contributed by atoms with E-state index in [0.29, 0.717) is 5.02 Å². The summed E-state index contributed by atoms with van der Waals surface area (Å²) in [6.45, 7) is 2.06. The van der Waals surface area contributed by atoms with Gasteiger partial charge in [-0.3, -0.25) is 0 Å². The fraction of sp³-hybridized carbons (Fsp3) is 0.143. The van der Waals surface area contributed by atoms with E-state index in [0.717, 1.165) is 15.6 Å². The van der Waals surface area contributed by atoms with Crippen molar-refractivity contribution in [1.29, 1.82) is 0 Å². The quantitative estimate of drug-likeness (QED) is 0.871. The van der Waals surface area contributed by atoms with E-state index in [1.54, 1.807) is 0 Å². The van der Waals surface area contributed by atoms with Crippen LogP contribution < -0.4 is 5.73 Å². The lowest BCUT2D eigenvalue weighted by Crippen LogP contribution is -2.11. The molecule has 1 unspecified atom stereocenters. The van der Waals surface area contributed by atoms with Gasteiger partial charge in [0.25, 0.3) is 0 Å². The van der Waals surface area contributed by atoms with Gasteiger partial charge in [0.05, 0.1) is 6.04 Å². The lowest BCUT2D eigenvalue weighted by atomic mass is 9.99. The van der Waals surface area contributed by atoms with E-state index in [1.807, 2.05) is 18.2 Å². The van der Waals surface area contributed by atoms with E-state index < -0.39 is 0 Å². The Labute approximate surface area is 115 Å². The highest BCUT2D eigenvalue weighted by molar-refractivity contribution is 9.10. The second kappa shape index (κ2) is 5.21. The summed E-state index contributed by atoms with van der Waals surface area (Å²) in [6.07, 6.45) is 0. The minimum absolute atomic E-state index is 0.148. The second-order valence-corrected chi connectivity index (χ2v) is 5.44. The second-order valence-electron chi connectivity index (χ2n) is 4.09. The molecule has 0 saturated carbocycles. The van der Waals surface area contributed by atoms with Crippen LogP contribution in [0.1, 0.15) is 22.7 Å². The van der Waals surface area contributed by atoms with Gasteiger partial charge in [0, 0.05) is 9.50 Å². The van der Waals surface area contributed by atoms with E-state index in [2.05, 4.69) is 47.1 Å². The average Bonchev–Trinajstić information content (AvgIpc) is 2.28. The van der Waals surface area contributed by atoms with Crippen LogP contribution in [0.4, 0.5) is 0 Å². The molecule has 0 fully saturated rings. The highest BCUT2D eigenvalue weighted by Gasteiger charge is 2.10. The van der Waals surface area contributed by atoms with Crippen LogP contribution >= 0.6 is 27.5 Å². The summed E-state index contributed by atoms with van der Waals surface area (Å²) < 4.78 is 0.947. The highest BCUT2D eigenvalue weighted by atomic mass is 79.9. The minimum Gasteiger partial charge on any atom is -0.320 e. The molecule has 2 N–H and O–H groups in total. The molecule has 0 aliphatic carbocycles. The highest BCUT2D eigenvalue weighted by Crippen LogP contribution is 2.26.